The van der Waals surface area contributed by atoms with Crippen LogP contribution in [0, 0.1) is 5.92 Å². The zero-order chi connectivity index (χ0) is 17.5. The van der Waals surface area contributed by atoms with Crippen molar-refractivity contribution in [2.45, 2.75) is 19.4 Å². The molecule has 0 amide bonds. The molecule has 1 aliphatic rings. The van der Waals surface area contributed by atoms with Crippen molar-refractivity contribution >= 4 is 29.0 Å². The predicted molar refractivity (Wildman–Crippen MR) is 103 cm³/mol. The molecule has 0 aromatic heterocycles. The largest absolute Gasteiger partial charge is 0.460 e. The summed E-state index contributed by atoms with van der Waals surface area (Å²) in [4.78, 5) is 16.9. The second-order valence-electron chi connectivity index (χ2n) is 5.92. The lowest BCUT2D eigenvalue weighted by Gasteiger charge is -2.23. The number of nitrogens with one attached hydrogen (secondary N) is 1. The van der Waals surface area contributed by atoms with E-state index in [9.17, 15) is 4.79 Å². The van der Waals surface area contributed by atoms with Gasteiger partial charge in [-0.3, -0.25) is 4.79 Å². The number of aliphatic imine (C=N–C) groups is 1. The molecule has 0 bridgehead atoms. The molecular weight excluding hydrogens is 332 g/mol. The van der Waals surface area contributed by atoms with Crippen LogP contribution in [-0.4, -0.2) is 23.3 Å². The van der Waals surface area contributed by atoms with E-state index in [4.69, 9.17) is 17.0 Å². The standard InChI is InChI=1S/C20H20N2O2S/c23-19(24-14-16-9-5-2-6-10-16)17-13-21-20(25)22-18(17)12-11-15-7-3-1-4-8-15/h1-10,17H,11-14H2,(H,21,25). The number of ether oxygens (including phenoxy) is 1. The molecule has 0 fully saturated rings. The Hall–Kier alpha value is -2.53. The molecule has 0 saturated carbocycles. The van der Waals surface area contributed by atoms with Crippen molar-refractivity contribution in [1.82, 2.24) is 5.32 Å². The second kappa shape index (κ2) is 8.53. The number of thiocarbonyl (C=S) groups is 1. The minimum atomic E-state index is -0.390. The summed E-state index contributed by atoms with van der Waals surface area (Å²) in [6.45, 7) is 0.715. The summed E-state index contributed by atoms with van der Waals surface area (Å²) >= 11 is 5.14. The Morgan fingerprint density at radius 2 is 1.68 bits per heavy atom. The topological polar surface area (TPSA) is 50.7 Å². The van der Waals surface area contributed by atoms with Crippen LogP contribution in [0.3, 0.4) is 0 Å². The Morgan fingerprint density at radius 3 is 2.36 bits per heavy atom. The SMILES string of the molecule is O=C(OCc1ccccc1)C1CNC(=S)N=C1CCc1ccccc1. The summed E-state index contributed by atoms with van der Waals surface area (Å²) < 4.78 is 5.48. The van der Waals surface area contributed by atoms with Crippen molar-refractivity contribution < 1.29 is 9.53 Å². The Labute approximate surface area is 152 Å². The number of hydrogen-bond donors (Lipinski definition) is 1. The third kappa shape index (κ3) is 4.97. The van der Waals surface area contributed by atoms with E-state index in [1.165, 1.54) is 5.56 Å². The molecule has 128 valence electrons. The van der Waals surface area contributed by atoms with Crippen molar-refractivity contribution in [3.05, 3.63) is 71.8 Å². The molecular formula is C20H20N2O2S. The molecule has 0 saturated heterocycles. The fraction of sp³-hybridized carbons (Fsp3) is 0.250. The maximum atomic E-state index is 12.5. The van der Waals surface area contributed by atoms with Gasteiger partial charge in [0, 0.05) is 12.3 Å². The van der Waals surface area contributed by atoms with E-state index in [1.807, 2.05) is 48.5 Å². The quantitative estimate of drug-likeness (QED) is 0.640. The molecule has 5 heteroatoms. The first kappa shape index (κ1) is 17.3. The number of carbonyl (C=O) groups is 1. The third-order valence-corrected chi connectivity index (χ3v) is 4.36. The van der Waals surface area contributed by atoms with E-state index in [0.717, 1.165) is 17.7 Å². The molecule has 1 aliphatic heterocycles. The highest BCUT2D eigenvalue weighted by Gasteiger charge is 2.29. The van der Waals surface area contributed by atoms with Gasteiger partial charge in [-0.05, 0) is 36.2 Å². The van der Waals surface area contributed by atoms with Crippen LogP contribution in [0.1, 0.15) is 17.5 Å². The van der Waals surface area contributed by atoms with Gasteiger partial charge in [-0.2, -0.15) is 0 Å². The average molecular weight is 352 g/mol. The second-order valence-corrected chi connectivity index (χ2v) is 6.31. The molecule has 1 unspecified atom stereocenters. The maximum absolute atomic E-state index is 12.5. The van der Waals surface area contributed by atoms with Crippen molar-refractivity contribution in [2.24, 2.45) is 10.9 Å². The van der Waals surface area contributed by atoms with Gasteiger partial charge in [0.15, 0.2) is 5.11 Å². The van der Waals surface area contributed by atoms with Gasteiger partial charge in [0.1, 0.15) is 12.5 Å². The molecule has 0 aliphatic carbocycles. The summed E-state index contributed by atoms with van der Waals surface area (Å²) in [6, 6.07) is 19.8. The molecule has 25 heavy (non-hydrogen) atoms. The highest BCUT2D eigenvalue weighted by molar-refractivity contribution is 7.80. The van der Waals surface area contributed by atoms with Gasteiger partial charge in [-0.25, -0.2) is 4.99 Å². The number of hydrogen-bond acceptors (Lipinski definition) is 3. The van der Waals surface area contributed by atoms with Gasteiger partial charge >= 0.3 is 5.97 Å². The van der Waals surface area contributed by atoms with Crippen LogP contribution < -0.4 is 5.32 Å². The highest BCUT2D eigenvalue weighted by Crippen LogP contribution is 2.15. The van der Waals surface area contributed by atoms with E-state index in [2.05, 4.69) is 22.4 Å². The number of nitrogens with zero attached hydrogens (tertiary/aromatic N) is 1. The van der Waals surface area contributed by atoms with Crippen molar-refractivity contribution in [2.75, 3.05) is 6.54 Å². The highest BCUT2D eigenvalue weighted by atomic mass is 32.1. The molecule has 2 aromatic rings. The van der Waals surface area contributed by atoms with E-state index in [1.54, 1.807) is 0 Å². The number of carbonyl (C=O) groups excluding carboxylic acids is 1. The lowest BCUT2D eigenvalue weighted by Crippen LogP contribution is -2.42. The summed E-state index contributed by atoms with van der Waals surface area (Å²) in [7, 11) is 0. The maximum Gasteiger partial charge on any atom is 0.316 e. The van der Waals surface area contributed by atoms with Crippen molar-refractivity contribution in [3.63, 3.8) is 0 Å². The van der Waals surface area contributed by atoms with Gasteiger partial charge in [-0.15, -0.1) is 0 Å². The number of rotatable bonds is 6. The summed E-state index contributed by atoms with van der Waals surface area (Å²) in [5.74, 6) is -0.648. The number of aryl methyl sites for hydroxylation is 1. The molecule has 3 rings (SSSR count). The number of esters is 1. The third-order valence-electron chi connectivity index (χ3n) is 4.13. The smallest absolute Gasteiger partial charge is 0.316 e. The fourth-order valence-corrected chi connectivity index (χ4v) is 2.95. The minimum Gasteiger partial charge on any atom is -0.460 e. The lowest BCUT2D eigenvalue weighted by atomic mass is 9.96. The first-order chi connectivity index (χ1) is 12.2. The minimum absolute atomic E-state index is 0.259. The van der Waals surface area contributed by atoms with Crippen LogP contribution in [0.4, 0.5) is 0 Å². The monoisotopic (exact) mass is 352 g/mol. The zero-order valence-corrected chi connectivity index (χ0v) is 14.7. The van der Waals surface area contributed by atoms with Gasteiger partial charge in [0.05, 0.1) is 0 Å². The zero-order valence-electron chi connectivity index (χ0n) is 13.9. The average Bonchev–Trinajstić information content (AvgIpc) is 2.66. The molecule has 1 N–H and O–H groups in total. The lowest BCUT2D eigenvalue weighted by molar-refractivity contribution is -0.147. The van der Waals surface area contributed by atoms with Gasteiger partial charge in [0.2, 0.25) is 0 Å². The van der Waals surface area contributed by atoms with E-state index >= 15 is 0 Å². The Bertz CT molecular complexity index is 760. The predicted octanol–water partition coefficient (Wildman–Crippen LogP) is 3.31. The molecule has 2 aromatic carbocycles. The Balaban J connectivity index is 1.62. The summed E-state index contributed by atoms with van der Waals surface area (Å²) in [5, 5.41) is 3.42. The van der Waals surface area contributed by atoms with Crippen LogP contribution in [0.15, 0.2) is 65.7 Å². The Kier molecular flexibility index (Phi) is 5.90. The van der Waals surface area contributed by atoms with Crippen LogP contribution in [0.25, 0.3) is 0 Å². The molecule has 0 radical (unpaired) electrons. The van der Waals surface area contributed by atoms with E-state index in [-0.39, 0.29) is 18.5 Å². The number of benzene rings is 2. The van der Waals surface area contributed by atoms with Crippen LogP contribution in [0.5, 0.6) is 0 Å². The van der Waals surface area contributed by atoms with Crippen LogP contribution >= 0.6 is 12.2 Å². The summed E-state index contributed by atoms with van der Waals surface area (Å²) in [5.41, 5.74) is 2.98. The van der Waals surface area contributed by atoms with E-state index in [0.29, 0.717) is 18.1 Å². The van der Waals surface area contributed by atoms with Crippen molar-refractivity contribution in [1.29, 1.82) is 0 Å². The molecule has 1 heterocycles. The normalized spacial score (nSPS) is 16.7. The van der Waals surface area contributed by atoms with Crippen LogP contribution in [0.2, 0.25) is 0 Å². The molecule has 4 nitrogen and oxygen atoms in total. The van der Waals surface area contributed by atoms with Gasteiger partial charge in [0.25, 0.3) is 0 Å². The van der Waals surface area contributed by atoms with Gasteiger partial charge < -0.3 is 10.1 Å². The van der Waals surface area contributed by atoms with Gasteiger partial charge in [-0.1, -0.05) is 60.7 Å². The first-order valence-electron chi connectivity index (χ1n) is 8.32. The Morgan fingerprint density at radius 1 is 1.04 bits per heavy atom. The fourth-order valence-electron chi connectivity index (χ4n) is 2.75. The van der Waals surface area contributed by atoms with E-state index < -0.39 is 0 Å². The van der Waals surface area contributed by atoms with Crippen molar-refractivity contribution in [3.8, 4) is 0 Å². The summed E-state index contributed by atoms with van der Waals surface area (Å²) in [6.07, 6.45) is 1.52. The molecule has 1 atom stereocenters. The first-order valence-corrected chi connectivity index (χ1v) is 8.73. The van der Waals surface area contributed by atoms with Crippen LogP contribution in [-0.2, 0) is 22.6 Å². The molecule has 0 spiro atoms.